The number of nitrogens with two attached hydrogens (primary N) is 1. The van der Waals surface area contributed by atoms with Gasteiger partial charge in [0.1, 0.15) is 5.75 Å². The molecule has 1 aromatic carbocycles. The minimum absolute atomic E-state index is 0.186. The fraction of sp³-hybridized carbons (Fsp3) is 0.647. The lowest BCUT2D eigenvalue weighted by Gasteiger charge is -2.22. The Kier molecular flexibility index (Phi) is 9.06. The van der Waals surface area contributed by atoms with Crippen molar-refractivity contribution in [1.82, 2.24) is 10.2 Å². The van der Waals surface area contributed by atoms with Crippen molar-refractivity contribution < 1.29 is 4.74 Å². The molecule has 3 N–H and O–H groups in total. The zero-order valence-corrected chi connectivity index (χ0v) is 13.8. The number of hydrogen-bond donors (Lipinski definition) is 2. The lowest BCUT2D eigenvalue weighted by atomic mass is 10.1. The summed E-state index contributed by atoms with van der Waals surface area (Å²) >= 11 is 0. The summed E-state index contributed by atoms with van der Waals surface area (Å²) in [5, 5.41) is 3.55. The minimum atomic E-state index is 0.186. The maximum absolute atomic E-state index is 5.92. The molecule has 1 unspecified atom stereocenters. The van der Waals surface area contributed by atoms with Crippen LogP contribution in [0.1, 0.15) is 38.8 Å². The van der Waals surface area contributed by atoms with Gasteiger partial charge in [0.2, 0.25) is 0 Å². The molecule has 1 atom stereocenters. The van der Waals surface area contributed by atoms with Gasteiger partial charge in [-0.1, -0.05) is 32.9 Å². The number of ether oxygens (including phenoxy) is 1. The van der Waals surface area contributed by atoms with Crippen LogP contribution in [-0.2, 0) is 0 Å². The third kappa shape index (κ3) is 6.46. The van der Waals surface area contributed by atoms with Gasteiger partial charge in [0.15, 0.2) is 0 Å². The van der Waals surface area contributed by atoms with Gasteiger partial charge in [-0.25, -0.2) is 0 Å². The molecule has 120 valence electrons. The normalized spacial score (nSPS) is 12.6. The van der Waals surface area contributed by atoms with Crippen LogP contribution in [0.15, 0.2) is 24.3 Å². The molecule has 0 bridgehead atoms. The molecule has 4 nitrogen and oxygen atoms in total. The largest absolute Gasteiger partial charge is 0.494 e. The van der Waals surface area contributed by atoms with Gasteiger partial charge in [0.05, 0.1) is 6.61 Å². The number of nitrogens with zero attached hydrogens (tertiary/aromatic N) is 1. The van der Waals surface area contributed by atoms with E-state index in [1.54, 1.807) is 0 Å². The van der Waals surface area contributed by atoms with E-state index in [9.17, 15) is 0 Å². The minimum Gasteiger partial charge on any atom is -0.494 e. The standard InChI is InChI=1S/C17H31N3O/c1-4-12-21-16-9-7-8-15(13-16)17(14-18)19-10-11-20(5-2)6-3/h7-9,13,17,19H,4-6,10-12,14,18H2,1-3H3. The lowest BCUT2D eigenvalue weighted by Crippen LogP contribution is -2.36. The van der Waals surface area contributed by atoms with E-state index in [4.69, 9.17) is 10.5 Å². The Balaban J connectivity index is 2.54. The summed E-state index contributed by atoms with van der Waals surface area (Å²) in [6.07, 6.45) is 1.02. The van der Waals surface area contributed by atoms with E-state index in [1.165, 1.54) is 5.56 Å². The maximum atomic E-state index is 5.92. The Labute approximate surface area is 129 Å². The summed E-state index contributed by atoms with van der Waals surface area (Å²) in [5.41, 5.74) is 7.12. The molecule has 0 radical (unpaired) electrons. The third-order valence-electron chi connectivity index (χ3n) is 3.68. The number of nitrogens with one attached hydrogen (secondary N) is 1. The van der Waals surface area contributed by atoms with E-state index in [-0.39, 0.29) is 6.04 Å². The number of benzene rings is 1. The molecular formula is C17H31N3O. The topological polar surface area (TPSA) is 50.5 Å². The van der Waals surface area contributed by atoms with Gasteiger partial charge in [-0.3, -0.25) is 0 Å². The van der Waals surface area contributed by atoms with Gasteiger partial charge in [0, 0.05) is 25.7 Å². The number of rotatable bonds is 11. The van der Waals surface area contributed by atoms with Crippen LogP contribution in [0.25, 0.3) is 0 Å². The molecule has 0 aliphatic rings. The highest BCUT2D eigenvalue weighted by Crippen LogP contribution is 2.19. The molecular weight excluding hydrogens is 262 g/mol. The summed E-state index contributed by atoms with van der Waals surface area (Å²) in [7, 11) is 0. The fourth-order valence-corrected chi connectivity index (χ4v) is 2.31. The molecule has 0 saturated carbocycles. The van der Waals surface area contributed by atoms with E-state index in [0.717, 1.165) is 45.0 Å². The predicted molar refractivity (Wildman–Crippen MR) is 89.8 cm³/mol. The van der Waals surface area contributed by atoms with Crippen LogP contribution in [0.2, 0.25) is 0 Å². The van der Waals surface area contributed by atoms with Crippen LogP contribution in [-0.4, -0.2) is 44.2 Å². The van der Waals surface area contributed by atoms with Gasteiger partial charge < -0.3 is 20.7 Å². The quantitative estimate of drug-likeness (QED) is 0.658. The Hall–Kier alpha value is -1.10. The first-order chi connectivity index (χ1) is 10.2. The van der Waals surface area contributed by atoms with Gasteiger partial charge in [-0.15, -0.1) is 0 Å². The Morgan fingerprint density at radius 3 is 2.62 bits per heavy atom. The van der Waals surface area contributed by atoms with Crippen molar-refractivity contribution in [2.75, 3.05) is 39.3 Å². The average Bonchev–Trinajstić information content (AvgIpc) is 2.53. The first-order valence-electron chi connectivity index (χ1n) is 8.13. The summed E-state index contributed by atoms with van der Waals surface area (Å²) in [6, 6.07) is 8.43. The van der Waals surface area contributed by atoms with Crippen molar-refractivity contribution in [2.45, 2.75) is 33.2 Å². The van der Waals surface area contributed by atoms with Crippen molar-refractivity contribution >= 4 is 0 Å². The Bertz CT molecular complexity index is 380. The third-order valence-corrected chi connectivity index (χ3v) is 3.68. The summed E-state index contributed by atoms with van der Waals surface area (Å²) in [5.74, 6) is 0.929. The van der Waals surface area contributed by atoms with Gasteiger partial charge in [0.25, 0.3) is 0 Å². The highest BCUT2D eigenvalue weighted by atomic mass is 16.5. The van der Waals surface area contributed by atoms with Gasteiger partial charge >= 0.3 is 0 Å². The Morgan fingerprint density at radius 2 is 2.00 bits per heavy atom. The van der Waals surface area contributed by atoms with Crippen molar-refractivity contribution in [3.63, 3.8) is 0 Å². The van der Waals surface area contributed by atoms with E-state index in [0.29, 0.717) is 6.54 Å². The van der Waals surface area contributed by atoms with Crippen LogP contribution in [0.4, 0.5) is 0 Å². The molecule has 0 aromatic heterocycles. The molecule has 0 heterocycles. The number of hydrogen-bond acceptors (Lipinski definition) is 4. The first kappa shape index (κ1) is 18.0. The van der Waals surface area contributed by atoms with Gasteiger partial charge in [-0.05, 0) is 37.2 Å². The molecule has 0 fully saturated rings. The molecule has 0 saturated heterocycles. The molecule has 0 spiro atoms. The van der Waals surface area contributed by atoms with Crippen molar-refractivity contribution in [3.8, 4) is 5.75 Å². The second-order valence-electron chi connectivity index (χ2n) is 5.19. The molecule has 1 rings (SSSR count). The average molecular weight is 293 g/mol. The highest BCUT2D eigenvalue weighted by Gasteiger charge is 2.10. The molecule has 0 amide bonds. The molecule has 0 aliphatic carbocycles. The second kappa shape index (κ2) is 10.6. The van der Waals surface area contributed by atoms with Crippen LogP contribution < -0.4 is 15.8 Å². The van der Waals surface area contributed by atoms with Crippen LogP contribution >= 0.6 is 0 Å². The van der Waals surface area contributed by atoms with E-state index >= 15 is 0 Å². The fourth-order valence-electron chi connectivity index (χ4n) is 2.31. The van der Waals surface area contributed by atoms with Crippen molar-refractivity contribution in [1.29, 1.82) is 0 Å². The molecule has 4 heteroatoms. The SMILES string of the molecule is CCCOc1cccc(C(CN)NCCN(CC)CC)c1. The smallest absolute Gasteiger partial charge is 0.119 e. The van der Waals surface area contributed by atoms with Crippen molar-refractivity contribution in [2.24, 2.45) is 5.73 Å². The zero-order chi connectivity index (χ0) is 15.5. The first-order valence-corrected chi connectivity index (χ1v) is 8.13. The predicted octanol–water partition coefficient (Wildman–Crippen LogP) is 2.41. The molecule has 1 aromatic rings. The van der Waals surface area contributed by atoms with Crippen LogP contribution in [0.5, 0.6) is 5.75 Å². The lowest BCUT2D eigenvalue weighted by molar-refractivity contribution is 0.296. The molecule has 0 aliphatic heterocycles. The summed E-state index contributed by atoms with van der Waals surface area (Å²) in [6.45, 7) is 12.0. The number of likely N-dealkylation sites (N-methyl/N-ethyl adjacent to an activating group) is 1. The zero-order valence-electron chi connectivity index (χ0n) is 13.8. The Morgan fingerprint density at radius 1 is 1.24 bits per heavy atom. The van der Waals surface area contributed by atoms with E-state index in [1.807, 2.05) is 12.1 Å². The monoisotopic (exact) mass is 293 g/mol. The van der Waals surface area contributed by atoms with E-state index < -0.39 is 0 Å². The van der Waals surface area contributed by atoms with E-state index in [2.05, 4.69) is 43.1 Å². The van der Waals surface area contributed by atoms with Gasteiger partial charge in [-0.2, -0.15) is 0 Å². The molecule has 21 heavy (non-hydrogen) atoms. The second-order valence-corrected chi connectivity index (χ2v) is 5.19. The van der Waals surface area contributed by atoms with Crippen molar-refractivity contribution in [3.05, 3.63) is 29.8 Å². The summed E-state index contributed by atoms with van der Waals surface area (Å²) in [4.78, 5) is 2.40. The van der Waals surface area contributed by atoms with Crippen LogP contribution in [0, 0.1) is 0 Å². The highest BCUT2D eigenvalue weighted by molar-refractivity contribution is 5.30. The summed E-state index contributed by atoms with van der Waals surface area (Å²) < 4.78 is 5.69. The van der Waals surface area contributed by atoms with Crippen LogP contribution in [0.3, 0.4) is 0 Å². The maximum Gasteiger partial charge on any atom is 0.119 e.